The van der Waals surface area contributed by atoms with Gasteiger partial charge in [-0.05, 0) is 55.8 Å². The molecule has 0 aromatic rings. The van der Waals surface area contributed by atoms with Gasteiger partial charge < -0.3 is 0 Å². The van der Waals surface area contributed by atoms with E-state index in [-0.39, 0.29) is 0 Å². The minimum atomic E-state index is 0.832. The van der Waals surface area contributed by atoms with Crippen molar-refractivity contribution < 1.29 is 1.37 Å². The first-order chi connectivity index (χ1) is 5.86. The van der Waals surface area contributed by atoms with Gasteiger partial charge >= 0.3 is 0 Å². The predicted octanol–water partition coefficient (Wildman–Crippen LogP) is 3.00. The zero-order chi connectivity index (χ0) is 8.13. The molecule has 0 nitrogen and oxygen atoms in total. The lowest BCUT2D eigenvalue weighted by molar-refractivity contribution is 0.0703. The van der Waals surface area contributed by atoms with Crippen molar-refractivity contribution in [3.8, 4) is 0 Å². The van der Waals surface area contributed by atoms with Crippen molar-refractivity contribution in [1.29, 1.82) is 0 Å². The first-order valence-corrected chi connectivity index (χ1v) is 4.95. The molecule has 0 N–H and O–H groups in total. The third-order valence-electron chi connectivity index (χ3n) is 4.08. The van der Waals surface area contributed by atoms with Gasteiger partial charge in [-0.15, -0.1) is 0 Å². The highest BCUT2D eigenvalue weighted by Crippen LogP contribution is 2.55. The zero-order valence-electron chi connectivity index (χ0n) is 7.92. The van der Waals surface area contributed by atoms with Crippen LogP contribution in [0.3, 0.4) is 0 Å². The summed E-state index contributed by atoms with van der Waals surface area (Å²) in [6.45, 7) is 1.67. The highest BCUT2D eigenvalue weighted by atomic mass is 14.5. The van der Waals surface area contributed by atoms with Crippen LogP contribution in [0.5, 0.6) is 0 Å². The minimum absolute atomic E-state index is 0.832. The molecule has 4 saturated carbocycles. The van der Waals surface area contributed by atoms with Gasteiger partial charge in [0.25, 0.3) is 0 Å². The summed E-state index contributed by atoms with van der Waals surface area (Å²) in [7, 11) is 0. The van der Waals surface area contributed by atoms with Crippen LogP contribution in [0, 0.1) is 23.7 Å². The maximum absolute atomic E-state index is 7.41. The van der Waals surface area contributed by atoms with E-state index in [1.54, 1.807) is 6.55 Å². The molecule has 11 heavy (non-hydrogen) atoms. The van der Waals surface area contributed by atoms with Gasteiger partial charge in [-0.2, -0.15) is 0 Å². The molecule has 0 aliphatic heterocycles. The average molecular weight is 150 g/mol. The average Bonchev–Trinajstić information content (AvgIpc) is 2.02. The third kappa shape index (κ3) is 0.758. The minimum Gasteiger partial charge on any atom is -0.0993 e. The maximum atomic E-state index is 7.41. The van der Waals surface area contributed by atoms with Gasteiger partial charge in [0.15, 0.2) is 0 Å². The monoisotopic (exact) mass is 150 g/mol. The molecule has 0 spiro atoms. The van der Waals surface area contributed by atoms with Crippen molar-refractivity contribution in [3.05, 3.63) is 12.1 Å². The Morgan fingerprint density at radius 2 is 1.55 bits per heavy atom. The Morgan fingerprint density at radius 3 is 2.00 bits per heavy atom. The first-order valence-electron chi connectivity index (χ1n) is 5.53. The maximum Gasteiger partial charge on any atom is 0.0537 e. The van der Waals surface area contributed by atoms with Gasteiger partial charge in [-0.25, -0.2) is 0 Å². The fourth-order valence-electron chi connectivity index (χ4n) is 3.73. The molecule has 0 aromatic carbocycles. The van der Waals surface area contributed by atoms with E-state index in [9.17, 15) is 0 Å². The van der Waals surface area contributed by atoms with Gasteiger partial charge in [-0.1, -0.05) is 12.1 Å². The van der Waals surface area contributed by atoms with Gasteiger partial charge in [0, 0.05) is 0 Å². The molecule has 4 bridgehead atoms. The molecule has 4 aliphatic carbocycles. The molecule has 60 valence electrons. The summed E-state index contributed by atoms with van der Waals surface area (Å²) >= 11 is 0. The van der Waals surface area contributed by atoms with Gasteiger partial charge in [0.1, 0.15) is 0 Å². The third-order valence-corrected chi connectivity index (χ3v) is 4.08. The van der Waals surface area contributed by atoms with Crippen molar-refractivity contribution in [1.82, 2.24) is 0 Å². The Labute approximate surface area is 70.1 Å². The molecular formula is C11H16. The van der Waals surface area contributed by atoms with Crippen LogP contribution in [0.4, 0.5) is 0 Å². The summed E-state index contributed by atoms with van der Waals surface area (Å²) in [5.41, 5.74) is 1.50. The second-order valence-corrected chi connectivity index (χ2v) is 4.80. The molecule has 4 rings (SSSR count). The number of hydrogen-bond donors (Lipinski definition) is 0. The molecule has 0 aromatic heterocycles. The van der Waals surface area contributed by atoms with E-state index in [4.69, 9.17) is 1.37 Å². The molecule has 0 heterocycles. The molecule has 0 radical (unpaired) electrons. The molecule has 0 saturated heterocycles. The smallest absolute Gasteiger partial charge is 0.0537 e. The van der Waals surface area contributed by atoms with Crippen LogP contribution in [0.15, 0.2) is 12.1 Å². The largest absolute Gasteiger partial charge is 0.0993 e. The lowest BCUT2D eigenvalue weighted by atomic mass is 9.54. The standard InChI is InChI=1S/C11H16/c1-7-10-3-8-2-9(5-10)6-11(7)4-8/h8-11H,1-6H2/i1T. The van der Waals surface area contributed by atoms with Crippen LogP contribution in [-0.2, 0) is 0 Å². The van der Waals surface area contributed by atoms with Crippen LogP contribution >= 0.6 is 0 Å². The Bertz CT molecular complexity index is 199. The first kappa shape index (κ1) is 5.40. The fraction of sp³-hybridized carbons (Fsp3) is 0.818. The molecule has 0 heteroatoms. The Kier molecular flexibility index (Phi) is 0.937. The van der Waals surface area contributed by atoms with Crippen molar-refractivity contribution in [2.75, 3.05) is 0 Å². The number of rotatable bonds is 0. The highest BCUT2D eigenvalue weighted by molar-refractivity contribution is 5.16. The predicted molar refractivity (Wildman–Crippen MR) is 46.2 cm³/mol. The summed E-state index contributed by atoms with van der Waals surface area (Å²) in [5, 5.41) is 0. The summed E-state index contributed by atoms with van der Waals surface area (Å²) < 4.78 is 7.41. The molecule has 0 atom stereocenters. The Balaban J connectivity index is 1.95. The van der Waals surface area contributed by atoms with Gasteiger partial charge in [0.05, 0.1) is 1.37 Å². The zero-order valence-corrected chi connectivity index (χ0v) is 6.92. The summed E-state index contributed by atoms with van der Waals surface area (Å²) in [5.74, 6) is 3.74. The molecular weight excluding hydrogens is 132 g/mol. The van der Waals surface area contributed by atoms with E-state index in [0.29, 0.717) is 0 Å². The fourth-order valence-corrected chi connectivity index (χ4v) is 3.73. The summed E-state index contributed by atoms with van der Waals surface area (Å²) in [4.78, 5) is 0. The van der Waals surface area contributed by atoms with Crippen molar-refractivity contribution >= 4 is 0 Å². The quantitative estimate of drug-likeness (QED) is 0.466. The lowest BCUT2D eigenvalue weighted by Crippen LogP contribution is -2.39. The summed E-state index contributed by atoms with van der Waals surface area (Å²) in [6, 6.07) is 0. The van der Waals surface area contributed by atoms with E-state index in [1.165, 1.54) is 37.7 Å². The van der Waals surface area contributed by atoms with E-state index in [0.717, 1.165) is 23.7 Å². The lowest BCUT2D eigenvalue weighted by Gasteiger charge is -2.51. The van der Waals surface area contributed by atoms with Crippen LogP contribution in [0.2, 0.25) is 0 Å². The molecule has 4 aliphatic rings. The number of allylic oxidation sites excluding steroid dienone is 1. The normalized spacial score (nSPS) is 54.5. The van der Waals surface area contributed by atoms with Crippen molar-refractivity contribution in [2.24, 2.45) is 23.7 Å². The van der Waals surface area contributed by atoms with E-state index < -0.39 is 0 Å². The van der Waals surface area contributed by atoms with Crippen LogP contribution in [-0.4, -0.2) is 0 Å². The Hall–Kier alpha value is -0.260. The van der Waals surface area contributed by atoms with Crippen LogP contribution < -0.4 is 0 Å². The van der Waals surface area contributed by atoms with Crippen molar-refractivity contribution in [3.63, 3.8) is 0 Å². The second-order valence-electron chi connectivity index (χ2n) is 4.80. The van der Waals surface area contributed by atoms with Gasteiger partial charge in [-0.3, -0.25) is 0 Å². The van der Waals surface area contributed by atoms with Crippen molar-refractivity contribution in [2.45, 2.75) is 32.1 Å². The van der Waals surface area contributed by atoms with E-state index in [1.807, 2.05) is 0 Å². The van der Waals surface area contributed by atoms with E-state index in [2.05, 4.69) is 0 Å². The van der Waals surface area contributed by atoms with E-state index >= 15 is 0 Å². The number of hydrogen-bond acceptors (Lipinski definition) is 0. The van der Waals surface area contributed by atoms with Crippen LogP contribution in [0.1, 0.15) is 33.5 Å². The molecule has 4 fully saturated rings. The van der Waals surface area contributed by atoms with Gasteiger partial charge in [0.2, 0.25) is 0 Å². The topological polar surface area (TPSA) is 0 Å². The SMILES string of the molecule is [3H]C=C1C2CC3CC(C2)CC1C3. The summed E-state index contributed by atoms with van der Waals surface area (Å²) in [6.07, 6.45) is 7.17. The second kappa shape index (κ2) is 1.91. The molecule has 0 unspecified atom stereocenters. The Morgan fingerprint density at radius 1 is 1.00 bits per heavy atom. The molecule has 0 amide bonds. The van der Waals surface area contributed by atoms with Crippen LogP contribution in [0.25, 0.3) is 0 Å². The highest BCUT2D eigenvalue weighted by Gasteiger charge is 2.43.